The second-order valence-electron chi connectivity index (χ2n) is 5.61. The minimum atomic E-state index is -0.747. The summed E-state index contributed by atoms with van der Waals surface area (Å²) in [5, 5.41) is 2.73. The molecule has 26 heavy (non-hydrogen) atoms. The molecule has 1 atom stereocenters. The van der Waals surface area contributed by atoms with Crippen molar-refractivity contribution < 1.29 is 14.3 Å². The number of carbonyl (C=O) groups is 2. The van der Waals surface area contributed by atoms with Crippen LogP contribution >= 0.6 is 15.9 Å². The molecule has 0 saturated carbocycles. The Morgan fingerprint density at radius 3 is 2.77 bits per heavy atom. The maximum absolute atomic E-state index is 12.7. The fraction of sp³-hybridized carbons (Fsp3) is 0.211. The Hall–Kier alpha value is -2.51. The van der Waals surface area contributed by atoms with E-state index in [1.54, 1.807) is 42.6 Å². The first-order valence-electron chi connectivity index (χ1n) is 7.96. The van der Waals surface area contributed by atoms with E-state index in [1.165, 1.54) is 7.11 Å². The smallest absolute Gasteiger partial charge is 0.241 e. The van der Waals surface area contributed by atoms with Gasteiger partial charge in [0.2, 0.25) is 11.7 Å². The van der Waals surface area contributed by atoms with Gasteiger partial charge in [-0.1, -0.05) is 28.6 Å². The second-order valence-corrected chi connectivity index (χ2v) is 6.53. The van der Waals surface area contributed by atoms with Gasteiger partial charge in [-0.05, 0) is 36.8 Å². The number of allylic oxidation sites excluding steroid dienone is 1. The highest BCUT2D eigenvalue weighted by Crippen LogP contribution is 2.24. The number of hydrogen-bond donors (Lipinski definition) is 2. The molecule has 2 aromatic rings. The molecule has 0 bridgehead atoms. The van der Waals surface area contributed by atoms with Crippen LogP contribution in [0.5, 0.6) is 0 Å². The van der Waals surface area contributed by atoms with Gasteiger partial charge in [-0.15, -0.1) is 0 Å². The molecule has 0 unspecified atom stereocenters. The van der Waals surface area contributed by atoms with Crippen LogP contribution in [-0.2, 0) is 9.53 Å². The number of anilines is 1. The summed E-state index contributed by atoms with van der Waals surface area (Å²) in [6.07, 6.45) is 2.41. The zero-order valence-corrected chi connectivity index (χ0v) is 16.0. The standard InChI is InChI=1S/C19H20BrN3O3/c1-12(26-2)6-8-15(21)19(25)23-16-9-7-13(20)11-14(16)18(24)17-5-3-4-10-22-17/h3-5,7,9-11,15H,1,6,8,21H2,2H3,(H,23,25)/t15-/m0/s1. The lowest BCUT2D eigenvalue weighted by Gasteiger charge is -2.15. The number of rotatable bonds is 8. The van der Waals surface area contributed by atoms with Crippen LogP contribution in [0.2, 0.25) is 0 Å². The number of pyridine rings is 1. The molecular weight excluding hydrogens is 398 g/mol. The fourth-order valence-corrected chi connectivity index (χ4v) is 2.58. The van der Waals surface area contributed by atoms with Crippen molar-refractivity contribution in [1.82, 2.24) is 4.98 Å². The zero-order chi connectivity index (χ0) is 19.1. The highest BCUT2D eigenvalue weighted by Gasteiger charge is 2.19. The third-order valence-electron chi connectivity index (χ3n) is 3.74. The van der Waals surface area contributed by atoms with Crippen molar-refractivity contribution in [2.45, 2.75) is 18.9 Å². The quantitative estimate of drug-likeness (QED) is 0.507. The Morgan fingerprint density at radius 2 is 2.12 bits per heavy atom. The molecule has 0 aliphatic heterocycles. The van der Waals surface area contributed by atoms with Gasteiger partial charge in [0.1, 0.15) is 5.69 Å². The Bertz CT molecular complexity index is 809. The SMILES string of the molecule is C=C(CC[C@H](N)C(=O)Nc1ccc(Br)cc1C(=O)c1ccccn1)OC. The van der Waals surface area contributed by atoms with Gasteiger partial charge in [0.25, 0.3) is 0 Å². The van der Waals surface area contributed by atoms with Crippen LogP contribution in [0.3, 0.4) is 0 Å². The summed E-state index contributed by atoms with van der Waals surface area (Å²) < 4.78 is 5.69. The predicted octanol–water partition coefficient (Wildman–Crippen LogP) is 3.28. The molecule has 0 saturated heterocycles. The normalized spacial score (nSPS) is 11.5. The first-order valence-corrected chi connectivity index (χ1v) is 8.75. The van der Waals surface area contributed by atoms with E-state index in [4.69, 9.17) is 10.5 Å². The third kappa shape index (κ3) is 5.24. The lowest BCUT2D eigenvalue weighted by molar-refractivity contribution is -0.117. The molecule has 0 radical (unpaired) electrons. The van der Waals surface area contributed by atoms with Gasteiger partial charge in [0.15, 0.2) is 0 Å². The number of ketones is 1. The monoisotopic (exact) mass is 417 g/mol. The van der Waals surface area contributed by atoms with Crippen molar-refractivity contribution in [3.05, 3.63) is 70.7 Å². The van der Waals surface area contributed by atoms with Crippen LogP contribution in [0.15, 0.2) is 59.4 Å². The number of methoxy groups -OCH3 is 1. The predicted molar refractivity (Wildman–Crippen MR) is 104 cm³/mol. The Kier molecular flexibility index (Phi) is 7.06. The fourth-order valence-electron chi connectivity index (χ4n) is 2.22. The lowest BCUT2D eigenvalue weighted by Crippen LogP contribution is -2.36. The number of amides is 1. The number of nitrogens with zero attached hydrogens (tertiary/aromatic N) is 1. The summed E-state index contributed by atoms with van der Waals surface area (Å²) in [7, 11) is 1.52. The molecule has 1 aromatic carbocycles. The largest absolute Gasteiger partial charge is 0.502 e. The minimum absolute atomic E-state index is 0.288. The molecule has 2 rings (SSSR count). The van der Waals surface area contributed by atoms with Crippen LogP contribution in [-0.4, -0.2) is 29.8 Å². The van der Waals surface area contributed by atoms with Gasteiger partial charge < -0.3 is 15.8 Å². The first-order chi connectivity index (χ1) is 12.4. The van der Waals surface area contributed by atoms with E-state index in [-0.39, 0.29) is 11.7 Å². The Balaban J connectivity index is 2.18. The van der Waals surface area contributed by atoms with E-state index >= 15 is 0 Å². The van der Waals surface area contributed by atoms with Gasteiger partial charge >= 0.3 is 0 Å². The highest BCUT2D eigenvalue weighted by atomic mass is 79.9. The number of nitrogens with one attached hydrogen (secondary N) is 1. The third-order valence-corrected chi connectivity index (χ3v) is 4.23. The van der Waals surface area contributed by atoms with Crippen molar-refractivity contribution in [3.8, 4) is 0 Å². The van der Waals surface area contributed by atoms with E-state index in [2.05, 4.69) is 32.8 Å². The van der Waals surface area contributed by atoms with E-state index in [1.807, 2.05) is 0 Å². The summed E-state index contributed by atoms with van der Waals surface area (Å²) in [4.78, 5) is 29.2. The van der Waals surface area contributed by atoms with Gasteiger partial charge in [-0.2, -0.15) is 0 Å². The summed E-state index contributed by atoms with van der Waals surface area (Å²) in [6.45, 7) is 3.70. The number of aromatic nitrogens is 1. The molecule has 3 N–H and O–H groups in total. The molecule has 0 aliphatic carbocycles. The highest BCUT2D eigenvalue weighted by molar-refractivity contribution is 9.10. The number of nitrogens with two attached hydrogens (primary N) is 1. The van der Waals surface area contributed by atoms with Crippen molar-refractivity contribution in [2.24, 2.45) is 5.73 Å². The molecule has 1 aromatic heterocycles. The number of hydrogen-bond acceptors (Lipinski definition) is 5. The molecule has 136 valence electrons. The van der Waals surface area contributed by atoms with Crippen LogP contribution < -0.4 is 11.1 Å². The Labute approximate surface area is 160 Å². The van der Waals surface area contributed by atoms with Crippen LogP contribution in [0.1, 0.15) is 28.9 Å². The van der Waals surface area contributed by atoms with E-state index in [0.29, 0.717) is 35.5 Å². The average molecular weight is 418 g/mol. The van der Waals surface area contributed by atoms with Gasteiger partial charge in [0.05, 0.1) is 24.6 Å². The van der Waals surface area contributed by atoms with Crippen molar-refractivity contribution in [1.29, 1.82) is 0 Å². The topological polar surface area (TPSA) is 94.3 Å². The Morgan fingerprint density at radius 1 is 1.35 bits per heavy atom. The molecule has 6 nitrogen and oxygen atoms in total. The maximum Gasteiger partial charge on any atom is 0.241 e. The van der Waals surface area contributed by atoms with Crippen LogP contribution in [0, 0.1) is 0 Å². The summed E-state index contributed by atoms with van der Waals surface area (Å²) in [5.41, 5.74) is 6.93. The maximum atomic E-state index is 12.7. The molecular formula is C19H20BrN3O3. The summed E-state index contributed by atoms with van der Waals surface area (Å²) in [6, 6.07) is 9.37. The summed E-state index contributed by atoms with van der Waals surface area (Å²) >= 11 is 3.35. The molecule has 7 heteroatoms. The number of carbonyl (C=O) groups excluding carboxylic acids is 2. The van der Waals surface area contributed by atoms with Crippen molar-refractivity contribution >= 4 is 33.3 Å². The van der Waals surface area contributed by atoms with Crippen molar-refractivity contribution in [3.63, 3.8) is 0 Å². The molecule has 0 fully saturated rings. The lowest BCUT2D eigenvalue weighted by atomic mass is 10.0. The van der Waals surface area contributed by atoms with Crippen LogP contribution in [0.25, 0.3) is 0 Å². The average Bonchev–Trinajstić information content (AvgIpc) is 2.67. The second kappa shape index (κ2) is 9.26. The molecule has 1 heterocycles. The van der Waals surface area contributed by atoms with E-state index < -0.39 is 6.04 Å². The van der Waals surface area contributed by atoms with Gasteiger partial charge in [0, 0.05) is 22.7 Å². The number of ether oxygens (including phenoxy) is 1. The molecule has 0 spiro atoms. The molecule has 1 amide bonds. The summed E-state index contributed by atoms with van der Waals surface area (Å²) in [5.74, 6) is -0.113. The molecule has 0 aliphatic rings. The van der Waals surface area contributed by atoms with E-state index in [9.17, 15) is 9.59 Å². The van der Waals surface area contributed by atoms with Gasteiger partial charge in [-0.3, -0.25) is 14.6 Å². The number of benzene rings is 1. The van der Waals surface area contributed by atoms with Crippen molar-refractivity contribution in [2.75, 3.05) is 12.4 Å². The van der Waals surface area contributed by atoms with E-state index in [0.717, 1.165) is 4.47 Å². The first kappa shape index (κ1) is 19.8. The zero-order valence-electron chi connectivity index (χ0n) is 14.4. The minimum Gasteiger partial charge on any atom is -0.502 e. The number of halogens is 1. The van der Waals surface area contributed by atoms with Crippen LogP contribution in [0.4, 0.5) is 5.69 Å². The van der Waals surface area contributed by atoms with Gasteiger partial charge in [-0.25, -0.2) is 0 Å².